The molecule has 0 unspecified atom stereocenters. The highest BCUT2D eigenvalue weighted by atomic mass is 16.5. The van der Waals surface area contributed by atoms with E-state index < -0.39 is 17.7 Å². The average Bonchev–Trinajstić information content (AvgIpc) is 3.30. The Kier molecular flexibility index (Phi) is 5.33. The number of aliphatic hydroxyl groups is 1. The number of rotatable bonds is 5. The molecule has 1 aliphatic rings. The van der Waals surface area contributed by atoms with Gasteiger partial charge in [0, 0.05) is 11.6 Å². The predicted molar refractivity (Wildman–Crippen MR) is 115 cm³/mol. The van der Waals surface area contributed by atoms with E-state index in [-0.39, 0.29) is 17.2 Å². The summed E-state index contributed by atoms with van der Waals surface area (Å²) >= 11 is 0. The minimum absolute atomic E-state index is 0.00124. The summed E-state index contributed by atoms with van der Waals surface area (Å²) in [6, 6.07) is 14.9. The minimum Gasteiger partial charge on any atom is -0.507 e. The molecule has 0 bridgehead atoms. The van der Waals surface area contributed by atoms with Gasteiger partial charge in [-0.05, 0) is 38.5 Å². The van der Waals surface area contributed by atoms with Gasteiger partial charge in [0.25, 0.3) is 5.78 Å². The second-order valence-corrected chi connectivity index (χ2v) is 7.33. The zero-order valence-electron chi connectivity index (χ0n) is 17.5. The van der Waals surface area contributed by atoms with Crippen LogP contribution >= 0.6 is 0 Å². The lowest BCUT2D eigenvalue weighted by molar-refractivity contribution is -0.132. The van der Waals surface area contributed by atoms with Crippen LogP contribution in [0.25, 0.3) is 5.76 Å². The van der Waals surface area contributed by atoms with Crippen LogP contribution in [0.4, 0.5) is 5.82 Å². The van der Waals surface area contributed by atoms with Crippen molar-refractivity contribution in [2.45, 2.75) is 26.8 Å². The van der Waals surface area contributed by atoms with E-state index in [0.29, 0.717) is 29.2 Å². The van der Waals surface area contributed by atoms with Crippen LogP contribution in [0, 0.1) is 13.8 Å². The fraction of sp³-hybridized carbons (Fsp3) is 0.208. The molecule has 1 N–H and O–H groups in total. The second-order valence-electron chi connectivity index (χ2n) is 7.33. The van der Waals surface area contributed by atoms with Crippen LogP contribution in [0.15, 0.2) is 64.7 Å². The molecule has 7 heteroatoms. The lowest BCUT2D eigenvalue weighted by Crippen LogP contribution is -2.29. The van der Waals surface area contributed by atoms with Gasteiger partial charge in [0.2, 0.25) is 0 Å². The zero-order chi connectivity index (χ0) is 22.1. The summed E-state index contributed by atoms with van der Waals surface area (Å²) < 4.78 is 10.6. The molecule has 1 atom stereocenters. The lowest BCUT2D eigenvalue weighted by atomic mass is 9.95. The zero-order valence-corrected chi connectivity index (χ0v) is 17.5. The van der Waals surface area contributed by atoms with Gasteiger partial charge in [-0.15, -0.1) is 0 Å². The molecule has 7 nitrogen and oxygen atoms in total. The van der Waals surface area contributed by atoms with E-state index in [1.807, 2.05) is 26.0 Å². The molecule has 2 heterocycles. The van der Waals surface area contributed by atoms with Crippen LogP contribution < -0.4 is 9.64 Å². The van der Waals surface area contributed by atoms with Gasteiger partial charge >= 0.3 is 5.91 Å². The molecule has 1 fully saturated rings. The molecule has 1 saturated heterocycles. The molecular weight excluding hydrogens is 396 g/mol. The number of hydrogen-bond donors (Lipinski definition) is 1. The summed E-state index contributed by atoms with van der Waals surface area (Å²) in [7, 11) is 0. The van der Waals surface area contributed by atoms with Crippen molar-refractivity contribution in [2.75, 3.05) is 11.5 Å². The number of aromatic nitrogens is 1. The molecule has 0 aliphatic carbocycles. The van der Waals surface area contributed by atoms with Crippen molar-refractivity contribution in [1.82, 2.24) is 5.16 Å². The predicted octanol–water partition coefficient (Wildman–Crippen LogP) is 4.32. The van der Waals surface area contributed by atoms with Gasteiger partial charge in [0.05, 0.1) is 18.2 Å². The van der Waals surface area contributed by atoms with E-state index in [2.05, 4.69) is 5.16 Å². The molecule has 158 valence electrons. The van der Waals surface area contributed by atoms with Gasteiger partial charge < -0.3 is 14.4 Å². The first-order chi connectivity index (χ1) is 14.9. The molecule has 0 spiro atoms. The summed E-state index contributed by atoms with van der Waals surface area (Å²) in [6.45, 7) is 6.03. The van der Waals surface area contributed by atoms with Gasteiger partial charge in [-0.3, -0.25) is 14.5 Å². The minimum atomic E-state index is -0.860. The number of ketones is 1. The number of hydrogen-bond acceptors (Lipinski definition) is 6. The quantitative estimate of drug-likeness (QED) is 0.377. The Morgan fingerprint density at radius 2 is 1.77 bits per heavy atom. The van der Waals surface area contributed by atoms with Crippen molar-refractivity contribution < 1.29 is 24.0 Å². The smallest absolute Gasteiger partial charge is 0.301 e. The third kappa shape index (κ3) is 3.70. The third-order valence-electron chi connectivity index (χ3n) is 5.14. The summed E-state index contributed by atoms with van der Waals surface area (Å²) in [6.07, 6.45) is 0. The van der Waals surface area contributed by atoms with E-state index in [9.17, 15) is 14.7 Å². The standard InChI is InChI=1S/C24H22N2O5/c1-4-30-18-11-9-16(10-12-18)21-20(22(27)17-7-5-14(2)6-8-17)23(28)24(29)26(21)19-13-15(3)31-25-19/h5-13,21,27H,4H2,1-3H3/t21-/m1/s1. The Labute approximate surface area is 179 Å². The van der Waals surface area contributed by atoms with E-state index in [4.69, 9.17) is 9.26 Å². The number of nitrogens with zero attached hydrogens (tertiary/aromatic N) is 2. The monoisotopic (exact) mass is 418 g/mol. The maximum Gasteiger partial charge on any atom is 0.301 e. The number of anilines is 1. The first-order valence-corrected chi connectivity index (χ1v) is 9.94. The fourth-order valence-electron chi connectivity index (χ4n) is 3.63. The molecule has 31 heavy (non-hydrogen) atoms. The van der Waals surface area contributed by atoms with Gasteiger partial charge in [-0.2, -0.15) is 0 Å². The van der Waals surface area contributed by atoms with Crippen molar-refractivity contribution in [3.63, 3.8) is 0 Å². The summed E-state index contributed by atoms with van der Waals surface area (Å²) in [5.74, 6) is -0.417. The van der Waals surface area contributed by atoms with Gasteiger partial charge in [-0.1, -0.05) is 47.1 Å². The van der Waals surface area contributed by atoms with Crippen LogP contribution in [0.1, 0.15) is 35.4 Å². The van der Waals surface area contributed by atoms with Gasteiger partial charge in [0.1, 0.15) is 17.3 Å². The van der Waals surface area contributed by atoms with Crippen LogP contribution in [-0.4, -0.2) is 28.6 Å². The maximum atomic E-state index is 13.0. The van der Waals surface area contributed by atoms with E-state index >= 15 is 0 Å². The highest BCUT2D eigenvalue weighted by Gasteiger charge is 2.48. The largest absolute Gasteiger partial charge is 0.507 e. The summed E-state index contributed by atoms with van der Waals surface area (Å²) in [5.41, 5.74) is 2.10. The summed E-state index contributed by atoms with van der Waals surface area (Å²) in [5, 5.41) is 15.0. The normalized spacial score (nSPS) is 17.9. The number of Topliss-reactive ketones (excluding diaryl/α,β-unsaturated/α-hetero) is 1. The van der Waals surface area contributed by atoms with E-state index in [1.54, 1.807) is 49.4 Å². The Bertz CT molecular complexity index is 1160. The third-order valence-corrected chi connectivity index (χ3v) is 5.14. The molecule has 0 radical (unpaired) electrons. The Balaban J connectivity index is 1.89. The Morgan fingerprint density at radius 1 is 1.10 bits per heavy atom. The molecule has 1 amide bonds. The van der Waals surface area contributed by atoms with Crippen LogP contribution in [-0.2, 0) is 9.59 Å². The van der Waals surface area contributed by atoms with Crippen molar-refractivity contribution in [2.24, 2.45) is 0 Å². The molecule has 3 aromatic rings. The topological polar surface area (TPSA) is 92.9 Å². The van der Waals surface area contributed by atoms with Crippen LogP contribution in [0.2, 0.25) is 0 Å². The number of carbonyl (C=O) groups excluding carboxylic acids is 2. The highest BCUT2D eigenvalue weighted by Crippen LogP contribution is 2.42. The van der Waals surface area contributed by atoms with Gasteiger partial charge in [0.15, 0.2) is 5.82 Å². The first-order valence-electron chi connectivity index (χ1n) is 9.94. The Hall–Kier alpha value is -3.87. The summed E-state index contributed by atoms with van der Waals surface area (Å²) in [4.78, 5) is 27.3. The van der Waals surface area contributed by atoms with Gasteiger partial charge in [-0.25, -0.2) is 0 Å². The first kappa shape index (κ1) is 20.4. The number of carbonyl (C=O) groups is 2. The maximum absolute atomic E-state index is 13.0. The van der Waals surface area contributed by atoms with Crippen molar-refractivity contribution in [1.29, 1.82) is 0 Å². The highest BCUT2D eigenvalue weighted by molar-refractivity contribution is 6.51. The molecule has 0 saturated carbocycles. The molecule has 2 aromatic carbocycles. The molecule has 4 rings (SSSR count). The number of aryl methyl sites for hydroxylation is 2. The van der Waals surface area contributed by atoms with E-state index in [0.717, 1.165) is 5.56 Å². The van der Waals surface area contributed by atoms with Crippen molar-refractivity contribution >= 4 is 23.3 Å². The molecule has 1 aliphatic heterocycles. The number of aliphatic hydroxyl groups excluding tert-OH is 1. The molecular formula is C24H22N2O5. The number of ether oxygens (including phenoxy) is 1. The average molecular weight is 418 g/mol. The van der Waals surface area contributed by atoms with Crippen LogP contribution in [0.3, 0.4) is 0 Å². The molecule has 1 aromatic heterocycles. The SMILES string of the molecule is CCOc1ccc([C@@H]2C(=C(O)c3ccc(C)cc3)C(=O)C(=O)N2c2cc(C)on2)cc1. The Morgan fingerprint density at radius 3 is 2.35 bits per heavy atom. The number of amides is 1. The second kappa shape index (κ2) is 8.10. The van der Waals surface area contributed by atoms with Crippen LogP contribution in [0.5, 0.6) is 5.75 Å². The fourth-order valence-corrected chi connectivity index (χ4v) is 3.63. The van der Waals surface area contributed by atoms with Crippen molar-refractivity contribution in [3.8, 4) is 5.75 Å². The van der Waals surface area contributed by atoms with Crippen molar-refractivity contribution in [3.05, 3.63) is 82.6 Å². The lowest BCUT2D eigenvalue weighted by Gasteiger charge is -2.23. The number of benzene rings is 2. The van der Waals surface area contributed by atoms with E-state index in [1.165, 1.54) is 4.90 Å².